The van der Waals surface area contributed by atoms with E-state index in [9.17, 15) is 8.42 Å². The number of nitrogens with zero attached hydrogens (tertiary/aromatic N) is 3. The van der Waals surface area contributed by atoms with Crippen LogP contribution in [-0.4, -0.2) is 41.8 Å². The standard InChI is InChI=1S/C21H23N3O3S2/c1-3-24(4-2)29(25,26)19-14-8-13-18(16-19)20-22-23-21(27-20)28-15-9-12-17-10-6-5-7-11-17/h5-14,16H,3-4,15H2,1-2H3/b12-9+. The van der Waals surface area contributed by atoms with E-state index in [1.807, 2.05) is 56.3 Å². The van der Waals surface area contributed by atoms with Gasteiger partial charge in [0.15, 0.2) is 0 Å². The van der Waals surface area contributed by atoms with Gasteiger partial charge in [-0.15, -0.1) is 10.2 Å². The predicted octanol–water partition coefficient (Wildman–Crippen LogP) is 4.57. The van der Waals surface area contributed by atoms with Gasteiger partial charge in [-0.25, -0.2) is 8.42 Å². The van der Waals surface area contributed by atoms with E-state index < -0.39 is 10.0 Å². The molecule has 6 nitrogen and oxygen atoms in total. The smallest absolute Gasteiger partial charge is 0.277 e. The summed E-state index contributed by atoms with van der Waals surface area (Å²) in [6.45, 7) is 4.47. The van der Waals surface area contributed by atoms with Crippen molar-refractivity contribution in [3.8, 4) is 11.5 Å². The summed E-state index contributed by atoms with van der Waals surface area (Å²) in [5.74, 6) is 0.989. The van der Waals surface area contributed by atoms with Crippen LogP contribution in [0.15, 0.2) is 75.2 Å². The average Bonchev–Trinajstić information content (AvgIpc) is 3.22. The molecule has 0 saturated carbocycles. The number of aromatic nitrogens is 2. The van der Waals surface area contributed by atoms with Crippen LogP contribution in [0.5, 0.6) is 0 Å². The van der Waals surface area contributed by atoms with Gasteiger partial charge in [-0.2, -0.15) is 4.31 Å². The summed E-state index contributed by atoms with van der Waals surface area (Å²) in [7, 11) is -3.54. The lowest BCUT2D eigenvalue weighted by molar-refractivity contribution is 0.445. The molecule has 2 aromatic carbocycles. The van der Waals surface area contributed by atoms with E-state index in [4.69, 9.17) is 4.42 Å². The Morgan fingerprint density at radius 1 is 1.03 bits per heavy atom. The molecule has 3 aromatic rings. The molecule has 0 radical (unpaired) electrons. The van der Waals surface area contributed by atoms with E-state index in [0.29, 0.717) is 35.5 Å². The minimum absolute atomic E-state index is 0.219. The second-order valence-electron chi connectivity index (χ2n) is 6.11. The van der Waals surface area contributed by atoms with Gasteiger partial charge in [0.25, 0.3) is 5.22 Å². The third kappa shape index (κ3) is 5.35. The molecule has 0 N–H and O–H groups in total. The van der Waals surface area contributed by atoms with Crippen LogP contribution in [0.3, 0.4) is 0 Å². The van der Waals surface area contributed by atoms with Crippen LogP contribution in [0.1, 0.15) is 19.4 Å². The Kier molecular flexibility index (Phi) is 7.24. The van der Waals surface area contributed by atoms with Gasteiger partial charge in [0.05, 0.1) is 4.90 Å². The molecule has 29 heavy (non-hydrogen) atoms. The van der Waals surface area contributed by atoms with Crippen LogP contribution >= 0.6 is 11.8 Å². The van der Waals surface area contributed by atoms with Crippen molar-refractivity contribution in [3.05, 3.63) is 66.2 Å². The molecule has 0 bridgehead atoms. The summed E-state index contributed by atoms with van der Waals surface area (Å²) < 4.78 is 32.6. The quantitative estimate of drug-likeness (QED) is 0.464. The monoisotopic (exact) mass is 429 g/mol. The predicted molar refractivity (Wildman–Crippen MR) is 116 cm³/mol. The summed E-state index contributed by atoms with van der Waals surface area (Å²) in [6.07, 6.45) is 4.06. The van der Waals surface area contributed by atoms with E-state index in [-0.39, 0.29) is 4.90 Å². The topological polar surface area (TPSA) is 76.3 Å². The Balaban J connectivity index is 1.70. The fourth-order valence-corrected chi connectivity index (χ4v) is 4.83. The zero-order valence-electron chi connectivity index (χ0n) is 16.4. The van der Waals surface area contributed by atoms with Crippen LogP contribution < -0.4 is 0 Å². The van der Waals surface area contributed by atoms with Crippen molar-refractivity contribution in [3.63, 3.8) is 0 Å². The van der Waals surface area contributed by atoms with Gasteiger partial charge in [0.2, 0.25) is 15.9 Å². The first-order valence-corrected chi connectivity index (χ1v) is 11.8. The molecule has 0 unspecified atom stereocenters. The fourth-order valence-electron chi connectivity index (χ4n) is 2.75. The number of benzene rings is 2. The highest BCUT2D eigenvalue weighted by molar-refractivity contribution is 7.99. The summed E-state index contributed by atoms with van der Waals surface area (Å²) >= 11 is 1.42. The molecule has 152 valence electrons. The van der Waals surface area contributed by atoms with Gasteiger partial charge >= 0.3 is 0 Å². The van der Waals surface area contributed by atoms with Crippen LogP contribution in [0.4, 0.5) is 0 Å². The molecular formula is C21H23N3O3S2. The zero-order chi connectivity index (χ0) is 20.7. The summed E-state index contributed by atoms with van der Waals surface area (Å²) in [4.78, 5) is 0.219. The van der Waals surface area contributed by atoms with E-state index in [1.54, 1.807) is 24.3 Å². The lowest BCUT2D eigenvalue weighted by atomic mass is 10.2. The molecule has 0 atom stereocenters. The highest BCUT2D eigenvalue weighted by Crippen LogP contribution is 2.26. The van der Waals surface area contributed by atoms with Crippen molar-refractivity contribution in [1.29, 1.82) is 0 Å². The van der Waals surface area contributed by atoms with Gasteiger partial charge in [-0.3, -0.25) is 0 Å². The molecule has 0 fully saturated rings. The lowest BCUT2D eigenvalue weighted by Gasteiger charge is -2.18. The SMILES string of the molecule is CCN(CC)S(=O)(=O)c1cccc(-c2nnc(SC/C=C/c3ccccc3)o2)c1. The first kappa shape index (κ1) is 21.3. The Hall–Kier alpha value is -2.42. The van der Waals surface area contributed by atoms with E-state index >= 15 is 0 Å². The summed E-state index contributed by atoms with van der Waals surface area (Å²) in [6, 6.07) is 16.6. The molecule has 0 saturated heterocycles. The minimum Gasteiger partial charge on any atom is -0.411 e. The fraction of sp³-hybridized carbons (Fsp3) is 0.238. The number of rotatable bonds is 9. The van der Waals surface area contributed by atoms with Crippen LogP contribution in [0.2, 0.25) is 0 Å². The molecule has 1 aromatic heterocycles. The maximum absolute atomic E-state index is 12.7. The number of hydrogen-bond donors (Lipinski definition) is 0. The van der Waals surface area contributed by atoms with Crippen LogP contribution in [0.25, 0.3) is 17.5 Å². The van der Waals surface area contributed by atoms with Gasteiger partial charge in [0, 0.05) is 24.4 Å². The number of hydrogen-bond acceptors (Lipinski definition) is 6. The first-order chi connectivity index (χ1) is 14.0. The Morgan fingerprint density at radius 3 is 2.52 bits per heavy atom. The van der Waals surface area contributed by atoms with E-state index in [0.717, 1.165) is 5.56 Å². The summed E-state index contributed by atoms with van der Waals surface area (Å²) in [5.41, 5.74) is 1.71. The molecule has 8 heteroatoms. The van der Waals surface area contributed by atoms with Gasteiger partial charge in [-0.05, 0) is 23.8 Å². The van der Waals surface area contributed by atoms with E-state index in [1.165, 1.54) is 16.1 Å². The molecule has 0 amide bonds. The molecule has 0 aliphatic carbocycles. The van der Waals surface area contributed by atoms with Crippen molar-refractivity contribution in [2.24, 2.45) is 0 Å². The Morgan fingerprint density at radius 2 is 1.79 bits per heavy atom. The molecule has 0 aliphatic rings. The number of thioether (sulfide) groups is 1. The Labute approximate surface area is 175 Å². The maximum Gasteiger partial charge on any atom is 0.277 e. The van der Waals surface area contributed by atoms with Gasteiger partial charge < -0.3 is 4.42 Å². The molecule has 3 rings (SSSR count). The average molecular weight is 430 g/mol. The second kappa shape index (κ2) is 9.87. The largest absolute Gasteiger partial charge is 0.411 e. The molecular weight excluding hydrogens is 406 g/mol. The van der Waals surface area contributed by atoms with Crippen molar-refractivity contribution in [2.75, 3.05) is 18.8 Å². The second-order valence-corrected chi connectivity index (χ2v) is 9.02. The van der Waals surface area contributed by atoms with Crippen molar-refractivity contribution >= 4 is 27.9 Å². The summed E-state index contributed by atoms with van der Waals surface area (Å²) in [5, 5.41) is 8.55. The lowest BCUT2D eigenvalue weighted by Crippen LogP contribution is -2.30. The maximum atomic E-state index is 12.7. The number of sulfonamides is 1. The van der Waals surface area contributed by atoms with Crippen LogP contribution in [-0.2, 0) is 10.0 Å². The Bertz CT molecular complexity index is 1060. The van der Waals surface area contributed by atoms with Crippen molar-refractivity contribution in [2.45, 2.75) is 24.0 Å². The minimum atomic E-state index is -3.54. The van der Waals surface area contributed by atoms with Crippen molar-refractivity contribution < 1.29 is 12.8 Å². The van der Waals surface area contributed by atoms with Gasteiger partial charge in [0.1, 0.15) is 0 Å². The van der Waals surface area contributed by atoms with Crippen molar-refractivity contribution in [1.82, 2.24) is 14.5 Å². The third-order valence-corrected chi connectivity index (χ3v) is 7.06. The normalized spacial score (nSPS) is 12.1. The zero-order valence-corrected chi connectivity index (χ0v) is 18.0. The van der Waals surface area contributed by atoms with Crippen LogP contribution in [0, 0.1) is 0 Å². The molecule has 1 heterocycles. The molecule has 0 aliphatic heterocycles. The third-order valence-electron chi connectivity index (χ3n) is 4.24. The highest BCUT2D eigenvalue weighted by Gasteiger charge is 2.22. The first-order valence-electron chi connectivity index (χ1n) is 9.33. The molecule has 0 spiro atoms. The highest BCUT2D eigenvalue weighted by atomic mass is 32.2. The van der Waals surface area contributed by atoms with Gasteiger partial charge in [-0.1, -0.05) is 74.2 Å². The van der Waals surface area contributed by atoms with E-state index in [2.05, 4.69) is 10.2 Å².